The van der Waals surface area contributed by atoms with Crippen LogP contribution in [0.5, 0.6) is 0 Å². The van der Waals surface area contributed by atoms with Crippen LogP contribution in [0.2, 0.25) is 0 Å². The van der Waals surface area contributed by atoms with E-state index in [4.69, 9.17) is 4.74 Å². The predicted molar refractivity (Wildman–Crippen MR) is 119 cm³/mol. The molecule has 2 aromatic rings. The van der Waals surface area contributed by atoms with E-state index in [0.29, 0.717) is 12.7 Å². The Morgan fingerprint density at radius 2 is 1.61 bits per heavy atom. The second kappa shape index (κ2) is 11.2. The number of amides is 3. The lowest BCUT2D eigenvalue weighted by atomic mass is 10.0. The van der Waals surface area contributed by atoms with Crippen LogP contribution in [0.15, 0.2) is 54.6 Å². The SMILES string of the molecule is CCOC(=O)[C@@H](Cc1ccccc1)NC(=O)[C@H](CCCC=O)N1C(=O)c2ccccc2C1=O. The van der Waals surface area contributed by atoms with Gasteiger partial charge in [0.15, 0.2) is 0 Å². The average Bonchev–Trinajstić information content (AvgIpc) is 3.07. The van der Waals surface area contributed by atoms with Gasteiger partial charge in [0.25, 0.3) is 11.8 Å². The summed E-state index contributed by atoms with van der Waals surface area (Å²) in [6.45, 7) is 1.81. The second-order valence-electron chi connectivity index (χ2n) is 7.64. The third kappa shape index (κ3) is 5.52. The van der Waals surface area contributed by atoms with Crippen LogP contribution in [0.4, 0.5) is 0 Å². The molecule has 1 aliphatic rings. The van der Waals surface area contributed by atoms with Gasteiger partial charge in [-0.2, -0.15) is 0 Å². The van der Waals surface area contributed by atoms with E-state index in [1.54, 1.807) is 19.1 Å². The van der Waals surface area contributed by atoms with Crippen LogP contribution in [0.1, 0.15) is 52.5 Å². The quantitative estimate of drug-likeness (QED) is 0.244. The normalized spacial score (nSPS) is 14.4. The Bertz CT molecular complexity index is 1000. The first-order valence-corrected chi connectivity index (χ1v) is 10.9. The average molecular weight is 450 g/mol. The van der Waals surface area contributed by atoms with Gasteiger partial charge < -0.3 is 14.8 Å². The highest BCUT2D eigenvalue weighted by Crippen LogP contribution is 2.26. The molecule has 0 saturated carbocycles. The summed E-state index contributed by atoms with van der Waals surface area (Å²) in [6, 6.07) is 13.3. The Hall–Kier alpha value is -3.81. The van der Waals surface area contributed by atoms with E-state index >= 15 is 0 Å². The lowest BCUT2D eigenvalue weighted by molar-refractivity contribution is -0.147. The van der Waals surface area contributed by atoms with Gasteiger partial charge in [-0.05, 0) is 37.5 Å². The number of esters is 1. The number of ether oxygens (including phenoxy) is 1. The van der Waals surface area contributed by atoms with Crippen molar-refractivity contribution in [2.24, 2.45) is 0 Å². The molecule has 33 heavy (non-hydrogen) atoms. The molecule has 1 aliphatic heterocycles. The van der Waals surface area contributed by atoms with E-state index in [1.165, 1.54) is 12.1 Å². The van der Waals surface area contributed by atoms with E-state index in [2.05, 4.69) is 5.32 Å². The third-order valence-electron chi connectivity index (χ3n) is 5.41. The zero-order chi connectivity index (χ0) is 23.8. The number of unbranched alkanes of at least 4 members (excludes halogenated alkanes) is 1. The molecule has 0 bridgehead atoms. The van der Waals surface area contributed by atoms with Crippen molar-refractivity contribution < 1.29 is 28.7 Å². The molecule has 0 spiro atoms. The lowest BCUT2D eigenvalue weighted by Gasteiger charge is -2.27. The monoisotopic (exact) mass is 450 g/mol. The molecule has 3 amide bonds. The van der Waals surface area contributed by atoms with Crippen molar-refractivity contribution in [3.63, 3.8) is 0 Å². The number of rotatable bonds is 11. The second-order valence-corrected chi connectivity index (χ2v) is 7.64. The molecule has 0 saturated heterocycles. The minimum absolute atomic E-state index is 0.0942. The Morgan fingerprint density at radius 1 is 1.00 bits per heavy atom. The topological polar surface area (TPSA) is 110 Å². The first kappa shape index (κ1) is 23.8. The molecule has 0 aromatic heterocycles. The molecule has 8 heteroatoms. The minimum atomic E-state index is -1.16. The fraction of sp³-hybridized carbons (Fsp3) is 0.320. The maximum absolute atomic E-state index is 13.3. The lowest BCUT2D eigenvalue weighted by Crippen LogP contribution is -2.54. The van der Waals surface area contributed by atoms with Gasteiger partial charge in [-0.15, -0.1) is 0 Å². The van der Waals surface area contributed by atoms with Gasteiger partial charge >= 0.3 is 5.97 Å². The summed E-state index contributed by atoms with van der Waals surface area (Å²) in [5.74, 6) is -2.40. The number of nitrogens with one attached hydrogen (secondary N) is 1. The summed E-state index contributed by atoms with van der Waals surface area (Å²) in [5, 5.41) is 2.67. The summed E-state index contributed by atoms with van der Waals surface area (Å²) in [4.78, 5) is 63.6. The summed E-state index contributed by atoms with van der Waals surface area (Å²) < 4.78 is 5.13. The van der Waals surface area contributed by atoms with E-state index in [9.17, 15) is 24.0 Å². The third-order valence-corrected chi connectivity index (χ3v) is 5.41. The Kier molecular flexibility index (Phi) is 8.07. The molecule has 0 radical (unpaired) electrons. The van der Waals surface area contributed by atoms with Crippen LogP contribution in [0.3, 0.4) is 0 Å². The van der Waals surface area contributed by atoms with Crippen LogP contribution >= 0.6 is 0 Å². The number of hydrogen-bond acceptors (Lipinski definition) is 6. The van der Waals surface area contributed by atoms with Crippen molar-refractivity contribution >= 4 is 30.0 Å². The predicted octanol–water partition coefficient (Wildman–Crippen LogP) is 2.31. The van der Waals surface area contributed by atoms with E-state index in [-0.39, 0.29) is 37.0 Å². The molecule has 8 nitrogen and oxygen atoms in total. The van der Waals surface area contributed by atoms with Crippen LogP contribution in [-0.2, 0) is 25.5 Å². The highest BCUT2D eigenvalue weighted by Gasteiger charge is 2.43. The molecule has 0 aliphatic carbocycles. The number of fused-ring (bicyclic) bond motifs is 1. The van der Waals surface area contributed by atoms with Gasteiger partial charge in [0, 0.05) is 12.8 Å². The van der Waals surface area contributed by atoms with Gasteiger partial charge in [0.1, 0.15) is 18.4 Å². The summed E-state index contributed by atoms with van der Waals surface area (Å²) in [6.07, 6.45) is 1.48. The van der Waals surface area contributed by atoms with E-state index < -0.39 is 35.8 Å². The zero-order valence-corrected chi connectivity index (χ0v) is 18.4. The number of benzene rings is 2. The van der Waals surface area contributed by atoms with Gasteiger partial charge in [0.05, 0.1) is 17.7 Å². The molecule has 1 heterocycles. The maximum atomic E-state index is 13.3. The standard InChI is InChI=1S/C25H26N2O6/c1-2-33-25(32)20(16-17-10-4-3-5-11-17)26-22(29)21(14-8-9-15-28)27-23(30)18-12-6-7-13-19(18)24(27)31/h3-7,10-13,15,20-21H,2,8-9,14,16H2,1H3,(H,26,29)/t20-,21+/m1/s1. The fourth-order valence-corrected chi connectivity index (χ4v) is 3.82. The Labute approximate surface area is 191 Å². The number of imide groups is 1. The fourth-order valence-electron chi connectivity index (χ4n) is 3.82. The summed E-state index contributed by atoms with van der Waals surface area (Å²) in [5.41, 5.74) is 1.26. The molecule has 2 atom stereocenters. The zero-order valence-electron chi connectivity index (χ0n) is 18.4. The summed E-state index contributed by atoms with van der Waals surface area (Å²) in [7, 11) is 0. The first-order valence-electron chi connectivity index (χ1n) is 10.9. The minimum Gasteiger partial charge on any atom is -0.464 e. The highest BCUT2D eigenvalue weighted by molar-refractivity contribution is 6.22. The Morgan fingerprint density at radius 3 is 2.18 bits per heavy atom. The van der Waals surface area contributed by atoms with Gasteiger partial charge in [-0.3, -0.25) is 19.3 Å². The maximum Gasteiger partial charge on any atom is 0.328 e. The van der Waals surface area contributed by atoms with Crippen molar-refractivity contribution in [1.29, 1.82) is 0 Å². The van der Waals surface area contributed by atoms with Crippen LogP contribution in [-0.4, -0.2) is 53.6 Å². The van der Waals surface area contributed by atoms with Crippen LogP contribution in [0.25, 0.3) is 0 Å². The van der Waals surface area contributed by atoms with Gasteiger partial charge in [0.2, 0.25) is 5.91 Å². The number of carbonyl (C=O) groups is 5. The molecule has 2 aromatic carbocycles. The van der Waals surface area contributed by atoms with Crippen molar-refractivity contribution in [2.75, 3.05) is 6.61 Å². The molecule has 0 fully saturated rings. The number of hydrogen-bond donors (Lipinski definition) is 1. The molecular weight excluding hydrogens is 424 g/mol. The Balaban J connectivity index is 1.85. The van der Waals surface area contributed by atoms with Crippen molar-refractivity contribution in [1.82, 2.24) is 10.2 Å². The van der Waals surface area contributed by atoms with Gasteiger partial charge in [-0.1, -0.05) is 42.5 Å². The molecule has 172 valence electrons. The molecular formula is C25H26N2O6. The van der Waals surface area contributed by atoms with Crippen molar-refractivity contribution in [3.8, 4) is 0 Å². The molecule has 0 unspecified atom stereocenters. The number of carbonyl (C=O) groups excluding carboxylic acids is 5. The van der Waals surface area contributed by atoms with Crippen molar-refractivity contribution in [3.05, 3.63) is 71.3 Å². The summed E-state index contributed by atoms with van der Waals surface area (Å²) >= 11 is 0. The van der Waals surface area contributed by atoms with Crippen molar-refractivity contribution in [2.45, 2.75) is 44.7 Å². The van der Waals surface area contributed by atoms with Crippen LogP contribution in [0, 0.1) is 0 Å². The number of nitrogens with zero attached hydrogens (tertiary/aromatic N) is 1. The first-order chi connectivity index (χ1) is 16.0. The van der Waals surface area contributed by atoms with Gasteiger partial charge in [-0.25, -0.2) is 4.79 Å². The van der Waals surface area contributed by atoms with Crippen LogP contribution < -0.4 is 5.32 Å². The number of aldehydes is 1. The molecule has 3 rings (SSSR count). The molecule has 1 N–H and O–H groups in total. The largest absolute Gasteiger partial charge is 0.464 e. The van der Waals surface area contributed by atoms with E-state index in [1.807, 2.05) is 30.3 Å². The highest BCUT2D eigenvalue weighted by atomic mass is 16.5. The smallest absolute Gasteiger partial charge is 0.328 e. The van der Waals surface area contributed by atoms with E-state index in [0.717, 1.165) is 10.5 Å².